The molecule has 0 saturated carbocycles. The molecule has 0 heterocycles. The van der Waals surface area contributed by atoms with Crippen LogP contribution in [0.2, 0.25) is 0 Å². The van der Waals surface area contributed by atoms with Gasteiger partial charge in [0, 0.05) is 0 Å². The van der Waals surface area contributed by atoms with Gasteiger partial charge in [0.2, 0.25) is 0 Å². The third kappa shape index (κ3) is 3.32. The van der Waals surface area contributed by atoms with Crippen molar-refractivity contribution < 1.29 is 5.11 Å². The van der Waals surface area contributed by atoms with Crippen molar-refractivity contribution in [2.24, 2.45) is 5.92 Å². The Morgan fingerprint density at radius 2 is 1.75 bits per heavy atom. The van der Waals surface area contributed by atoms with Crippen molar-refractivity contribution in [3.8, 4) is 0 Å². The van der Waals surface area contributed by atoms with Gasteiger partial charge in [-0.25, -0.2) is 0 Å². The van der Waals surface area contributed by atoms with E-state index in [0.29, 0.717) is 5.92 Å². The first kappa shape index (κ1) is 13.2. The summed E-state index contributed by atoms with van der Waals surface area (Å²) in [7, 11) is 0. The van der Waals surface area contributed by atoms with Crippen molar-refractivity contribution in [3.63, 3.8) is 0 Å². The maximum atomic E-state index is 9.48. The van der Waals surface area contributed by atoms with Gasteiger partial charge in [-0.3, -0.25) is 0 Å². The minimum Gasteiger partial charge on any atom is -0.394 e. The maximum Gasteiger partial charge on any atom is 0.0626 e. The van der Waals surface area contributed by atoms with Gasteiger partial charge in [0.1, 0.15) is 0 Å². The van der Waals surface area contributed by atoms with Crippen LogP contribution >= 0.6 is 0 Å². The predicted molar refractivity (Wildman–Crippen MR) is 68.6 cm³/mol. The smallest absolute Gasteiger partial charge is 0.0626 e. The normalized spacial score (nSPS) is 13.1. The van der Waals surface area contributed by atoms with Crippen LogP contribution in [0, 0.1) is 19.8 Å². The molecular formula is C14H23NO. The Labute approximate surface area is 98.7 Å². The molecule has 0 aromatic heterocycles. The third-order valence-corrected chi connectivity index (χ3v) is 2.85. The second kappa shape index (κ2) is 6.02. The molecule has 1 aromatic rings. The van der Waals surface area contributed by atoms with Gasteiger partial charge in [0.25, 0.3) is 0 Å². The Morgan fingerprint density at radius 3 is 2.19 bits per heavy atom. The van der Waals surface area contributed by atoms with E-state index in [-0.39, 0.29) is 12.6 Å². The van der Waals surface area contributed by atoms with E-state index in [1.807, 2.05) is 0 Å². The number of rotatable bonds is 5. The van der Waals surface area contributed by atoms with Crippen molar-refractivity contribution >= 4 is 0 Å². The molecule has 2 heteroatoms. The van der Waals surface area contributed by atoms with Crippen molar-refractivity contribution in [1.29, 1.82) is 0 Å². The zero-order valence-corrected chi connectivity index (χ0v) is 10.7. The molecule has 2 nitrogen and oxygen atoms in total. The van der Waals surface area contributed by atoms with Crippen molar-refractivity contribution in [3.05, 3.63) is 34.9 Å². The number of benzene rings is 1. The highest BCUT2D eigenvalue weighted by molar-refractivity contribution is 5.36. The minimum absolute atomic E-state index is 0.0589. The van der Waals surface area contributed by atoms with E-state index in [1.165, 1.54) is 16.7 Å². The third-order valence-electron chi connectivity index (χ3n) is 2.85. The monoisotopic (exact) mass is 221 g/mol. The molecule has 0 bridgehead atoms. The van der Waals surface area contributed by atoms with Gasteiger partial charge in [0.05, 0.1) is 12.6 Å². The van der Waals surface area contributed by atoms with Crippen LogP contribution in [0.15, 0.2) is 18.2 Å². The first-order valence-corrected chi connectivity index (χ1v) is 5.96. The summed E-state index contributed by atoms with van der Waals surface area (Å²) in [5.74, 6) is 0.596. The summed E-state index contributed by atoms with van der Waals surface area (Å²) in [4.78, 5) is 0. The van der Waals surface area contributed by atoms with Gasteiger partial charge in [-0.2, -0.15) is 0 Å². The summed E-state index contributed by atoms with van der Waals surface area (Å²) in [6.45, 7) is 9.62. The molecule has 1 rings (SSSR count). The molecule has 90 valence electrons. The Morgan fingerprint density at radius 1 is 1.19 bits per heavy atom. The molecule has 0 aliphatic rings. The molecule has 0 radical (unpaired) electrons. The highest BCUT2D eigenvalue weighted by Gasteiger charge is 2.14. The van der Waals surface area contributed by atoms with E-state index in [1.54, 1.807) is 0 Å². The summed E-state index contributed by atoms with van der Waals surface area (Å²) in [5, 5.41) is 12.9. The van der Waals surface area contributed by atoms with E-state index >= 15 is 0 Å². The van der Waals surface area contributed by atoms with Crippen LogP contribution in [0.5, 0.6) is 0 Å². The number of aliphatic hydroxyl groups excluding tert-OH is 1. The summed E-state index contributed by atoms with van der Waals surface area (Å²) in [5.41, 5.74) is 3.73. The van der Waals surface area contributed by atoms with Crippen LogP contribution < -0.4 is 5.32 Å². The van der Waals surface area contributed by atoms with Gasteiger partial charge in [0.15, 0.2) is 0 Å². The van der Waals surface area contributed by atoms with Crippen molar-refractivity contribution in [2.75, 3.05) is 13.2 Å². The van der Waals surface area contributed by atoms with Gasteiger partial charge in [-0.15, -0.1) is 0 Å². The zero-order chi connectivity index (χ0) is 12.1. The average Bonchev–Trinajstić information content (AvgIpc) is 2.22. The summed E-state index contributed by atoms with van der Waals surface area (Å²) < 4.78 is 0. The Kier molecular flexibility index (Phi) is 4.97. The van der Waals surface area contributed by atoms with E-state index in [0.717, 1.165) is 6.54 Å². The first-order valence-electron chi connectivity index (χ1n) is 5.96. The molecule has 0 spiro atoms. The molecule has 0 aliphatic heterocycles. The topological polar surface area (TPSA) is 32.3 Å². The zero-order valence-electron chi connectivity index (χ0n) is 10.7. The minimum atomic E-state index is 0.0589. The molecule has 1 atom stereocenters. The molecule has 16 heavy (non-hydrogen) atoms. The second-order valence-electron chi connectivity index (χ2n) is 4.84. The predicted octanol–water partition coefficient (Wildman–Crippen LogP) is 2.58. The highest BCUT2D eigenvalue weighted by Crippen LogP contribution is 2.21. The summed E-state index contributed by atoms with van der Waals surface area (Å²) in [6, 6.07) is 6.32. The van der Waals surface area contributed by atoms with Crippen LogP contribution in [-0.4, -0.2) is 18.3 Å². The van der Waals surface area contributed by atoms with Crippen LogP contribution in [0.25, 0.3) is 0 Å². The Hall–Kier alpha value is -0.860. The van der Waals surface area contributed by atoms with Crippen LogP contribution in [-0.2, 0) is 0 Å². The second-order valence-corrected chi connectivity index (χ2v) is 4.84. The molecule has 0 saturated heterocycles. The molecule has 0 aliphatic carbocycles. The van der Waals surface area contributed by atoms with E-state index < -0.39 is 0 Å². The number of aliphatic hydroxyl groups is 1. The van der Waals surface area contributed by atoms with Crippen LogP contribution in [0.4, 0.5) is 0 Å². The Bertz CT molecular complexity index is 313. The van der Waals surface area contributed by atoms with E-state index in [9.17, 15) is 5.11 Å². The largest absolute Gasteiger partial charge is 0.394 e. The molecule has 2 N–H and O–H groups in total. The molecule has 0 fully saturated rings. The molecular weight excluding hydrogens is 198 g/mol. The fraction of sp³-hybridized carbons (Fsp3) is 0.571. The van der Waals surface area contributed by atoms with Gasteiger partial charge >= 0.3 is 0 Å². The van der Waals surface area contributed by atoms with E-state index in [2.05, 4.69) is 51.2 Å². The van der Waals surface area contributed by atoms with Crippen LogP contribution in [0.1, 0.15) is 36.6 Å². The number of hydrogen-bond acceptors (Lipinski definition) is 2. The highest BCUT2D eigenvalue weighted by atomic mass is 16.3. The summed E-state index contributed by atoms with van der Waals surface area (Å²) in [6.07, 6.45) is 0. The number of hydrogen-bond donors (Lipinski definition) is 2. The first-order chi connectivity index (χ1) is 7.56. The molecule has 1 aromatic carbocycles. The van der Waals surface area contributed by atoms with Gasteiger partial charge in [-0.1, -0.05) is 32.0 Å². The lowest BCUT2D eigenvalue weighted by atomic mass is 9.96. The fourth-order valence-electron chi connectivity index (χ4n) is 2.01. The maximum absolute atomic E-state index is 9.48. The van der Waals surface area contributed by atoms with E-state index in [4.69, 9.17) is 0 Å². The quantitative estimate of drug-likeness (QED) is 0.801. The van der Waals surface area contributed by atoms with Gasteiger partial charge < -0.3 is 10.4 Å². The van der Waals surface area contributed by atoms with Crippen molar-refractivity contribution in [1.82, 2.24) is 5.32 Å². The number of nitrogens with one attached hydrogen (secondary N) is 1. The van der Waals surface area contributed by atoms with Crippen molar-refractivity contribution in [2.45, 2.75) is 33.7 Å². The Balaban J connectivity index is 2.86. The van der Waals surface area contributed by atoms with Gasteiger partial charge in [-0.05, 0) is 43.0 Å². The SMILES string of the molecule is Cc1cccc(C)c1C(CO)NCC(C)C. The van der Waals surface area contributed by atoms with Crippen LogP contribution in [0.3, 0.4) is 0 Å². The number of aryl methyl sites for hydroxylation is 2. The lowest BCUT2D eigenvalue weighted by molar-refractivity contribution is 0.240. The fourth-order valence-corrected chi connectivity index (χ4v) is 2.01. The standard InChI is InChI=1S/C14H23NO/c1-10(2)8-15-13(9-16)14-11(3)6-5-7-12(14)4/h5-7,10,13,15-16H,8-9H2,1-4H3. The molecule has 1 unspecified atom stereocenters. The molecule has 0 amide bonds. The lowest BCUT2D eigenvalue weighted by Gasteiger charge is -2.22. The lowest BCUT2D eigenvalue weighted by Crippen LogP contribution is -2.29. The average molecular weight is 221 g/mol. The summed E-state index contributed by atoms with van der Waals surface area (Å²) >= 11 is 0.